The van der Waals surface area contributed by atoms with Gasteiger partial charge < -0.3 is 18.6 Å². The Hall–Kier alpha value is -2.90. The number of esters is 3. The number of ketones is 1. The Bertz CT molecular complexity index is 1160. The van der Waals surface area contributed by atoms with Gasteiger partial charge in [0.05, 0.1) is 32.0 Å². The molecule has 4 aliphatic rings. The molecule has 8 heteroatoms. The van der Waals surface area contributed by atoms with Gasteiger partial charge in [-0.15, -0.1) is 0 Å². The molecular weight excluding hydrogens is 476 g/mol. The van der Waals surface area contributed by atoms with E-state index in [2.05, 4.69) is 6.92 Å². The number of cyclic esters (lactones) is 1. The molecule has 200 valence electrons. The predicted octanol–water partition coefficient (Wildman–Crippen LogP) is 4.58. The number of fused-ring (bicyclic) bond motifs is 6. The number of Topliss-reactive ketones (excluding diaryl/α,β-unsaturated/α-hetero) is 1. The molecule has 3 fully saturated rings. The summed E-state index contributed by atoms with van der Waals surface area (Å²) in [6.07, 6.45) is 5.72. The van der Waals surface area contributed by atoms with Crippen LogP contribution in [0.5, 0.6) is 0 Å². The molecule has 0 spiro atoms. The zero-order valence-electron chi connectivity index (χ0n) is 22.4. The van der Waals surface area contributed by atoms with Crippen LogP contribution >= 0.6 is 0 Å². The molecule has 37 heavy (non-hydrogen) atoms. The van der Waals surface area contributed by atoms with Crippen molar-refractivity contribution in [3.05, 3.63) is 35.8 Å². The summed E-state index contributed by atoms with van der Waals surface area (Å²) in [4.78, 5) is 52.0. The molecule has 5 rings (SSSR count). The number of allylic oxidation sites excluding steroid dienone is 1. The fourth-order valence-electron chi connectivity index (χ4n) is 8.33. The normalized spacial score (nSPS) is 40.0. The van der Waals surface area contributed by atoms with Crippen LogP contribution in [0.1, 0.15) is 72.0 Å². The molecule has 8 nitrogen and oxygen atoms in total. The lowest BCUT2D eigenvalue weighted by atomic mass is 9.40. The Balaban J connectivity index is 1.66. The van der Waals surface area contributed by atoms with Crippen LogP contribution in [-0.2, 0) is 33.4 Å². The Labute approximate surface area is 217 Å². The van der Waals surface area contributed by atoms with Crippen LogP contribution in [-0.4, -0.2) is 36.9 Å². The van der Waals surface area contributed by atoms with Crippen molar-refractivity contribution in [3.8, 4) is 0 Å². The van der Waals surface area contributed by atoms with Gasteiger partial charge >= 0.3 is 17.9 Å². The number of ether oxygens (including phenoxy) is 3. The number of furan rings is 1. The molecule has 0 amide bonds. The monoisotopic (exact) mass is 512 g/mol. The maximum absolute atomic E-state index is 14.2. The summed E-state index contributed by atoms with van der Waals surface area (Å²) in [6, 6.07) is 1.83. The van der Waals surface area contributed by atoms with Gasteiger partial charge in [0.1, 0.15) is 18.0 Å². The lowest BCUT2D eigenvalue weighted by Crippen LogP contribution is -2.66. The van der Waals surface area contributed by atoms with E-state index < -0.39 is 52.2 Å². The van der Waals surface area contributed by atoms with E-state index in [0.717, 1.165) is 17.6 Å². The standard InChI is InChI=1S/C29H36O8/c1-15(30)36-26-18-11-17-19(29(5,24(18)33)21(27(26,2)3)13-22(31)34-6)7-9-28(4)20(17)12-23(32)37-25(28)16-8-10-35-14-16/h8,10-11,14,18-21,25-26H,7,9,12-13H2,1-6H3/t18-,19-,20+,21+,25+,26-,28-,29-/m1/s1. The van der Waals surface area contributed by atoms with Gasteiger partial charge in [0.25, 0.3) is 0 Å². The highest BCUT2D eigenvalue weighted by Crippen LogP contribution is 2.68. The summed E-state index contributed by atoms with van der Waals surface area (Å²) in [5.41, 5.74) is -0.0680. The van der Waals surface area contributed by atoms with Crippen molar-refractivity contribution < 1.29 is 37.8 Å². The average molecular weight is 513 g/mol. The molecule has 1 saturated heterocycles. The highest BCUT2D eigenvalue weighted by Gasteiger charge is 2.68. The summed E-state index contributed by atoms with van der Waals surface area (Å²) < 4.78 is 22.1. The quantitative estimate of drug-likeness (QED) is 0.328. The van der Waals surface area contributed by atoms with Crippen molar-refractivity contribution in [2.75, 3.05) is 7.11 Å². The predicted molar refractivity (Wildman–Crippen MR) is 131 cm³/mol. The highest BCUT2D eigenvalue weighted by atomic mass is 16.6. The van der Waals surface area contributed by atoms with E-state index in [4.69, 9.17) is 18.6 Å². The topological polar surface area (TPSA) is 109 Å². The van der Waals surface area contributed by atoms with Crippen LogP contribution in [0.25, 0.3) is 0 Å². The van der Waals surface area contributed by atoms with E-state index in [9.17, 15) is 19.2 Å². The van der Waals surface area contributed by atoms with Crippen LogP contribution in [0.3, 0.4) is 0 Å². The van der Waals surface area contributed by atoms with Crippen molar-refractivity contribution in [3.63, 3.8) is 0 Å². The maximum Gasteiger partial charge on any atom is 0.307 e. The first kappa shape index (κ1) is 25.7. The van der Waals surface area contributed by atoms with Gasteiger partial charge in [0, 0.05) is 35.2 Å². The fourth-order valence-corrected chi connectivity index (χ4v) is 8.33. The summed E-state index contributed by atoms with van der Waals surface area (Å²) in [7, 11) is 1.34. The Kier molecular flexibility index (Phi) is 5.96. The van der Waals surface area contributed by atoms with E-state index >= 15 is 0 Å². The Morgan fingerprint density at radius 1 is 1.14 bits per heavy atom. The van der Waals surface area contributed by atoms with Crippen molar-refractivity contribution in [2.45, 2.75) is 72.5 Å². The summed E-state index contributed by atoms with van der Waals surface area (Å²) >= 11 is 0. The van der Waals surface area contributed by atoms with Gasteiger partial charge in [-0.1, -0.05) is 39.3 Å². The van der Waals surface area contributed by atoms with E-state index in [-0.39, 0.29) is 36.4 Å². The van der Waals surface area contributed by atoms with Crippen LogP contribution in [0.2, 0.25) is 0 Å². The van der Waals surface area contributed by atoms with Crippen LogP contribution in [0.4, 0.5) is 0 Å². The molecule has 2 saturated carbocycles. The van der Waals surface area contributed by atoms with Crippen LogP contribution in [0, 0.1) is 39.9 Å². The third-order valence-electron chi connectivity index (χ3n) is 10.1. The van der Waals surface area contributed by atoms with E-state index in [1.807, 2.05) is 32.9 Å². The second-order valence-electron chi connectivity index (χ2n) is 12.3. The van der Waals surface area contributed by atoms with Gasteiger partial charge in [0.2, 0.25) is 0 Å². The number of hydrogen-bond donors (Lipinski definition) is 0. The van der Waals surface area contributed by atoms with E-state index in [1.54, 1.807) is 12.5 Å². The van der Waals surface area contributed by atoms with Gasteiger partial charge in [-0.25, -0.2) is 0 Å². The highest BCUT2D eigenvalue weighted by molar-refractivity contribution is 5.93. The van der Waals surface area contributed by atoms with Gasteiger partial charge in [0.15, 0.2) is 0 Å². The molecule has 0 aromatic carbocycles. The molecule has 2 heterocycles. The molecule has 1 aromatic heterocycles. The second-order valence-corrected chi connectivity index (χ2v) is 12.3. The summed E-state index contributed by atoms with van der Waals surface area (Å²) in [5, 5.41) is 0. The van der Waals surface area contributed by atoms with Crippen LogP contribution in [0.15, 0.2) is 34.7 Å². The number of carbonyl (C=O) groups excluding carboxylic acids is 4. The van der Waals surface area contributed by atoms with Crippen molar-refractivity contribution in [1.29, 1.82) is 0 Å². The molecule has 1 aliphatic heterocycles. The average Bonchev–Trinajstić information content (AvgIpc) is 3.36. The Morgan fingerprint density at radius 2 is 1.86 bits per heavy atom. The molecule has 0 radical (unpaired) electrons. The third-order valence-corrected chi connectivity index (χ3v) is 10.1. The smallest absolute Gasteiger partial charge is 0.307 e. The fraction of sp³-hybridized carbons (Fsp3) is 0.655. The molecular formula is C29H36O8. The van der Waals surface area contributed by atoms with Gasteiger partial charge in [-0.05, 0) is 36.7 Å². The number of carbonyl (C=O) groups is 4. The largest absolute Gasteiger partial charge is 0.472 e. The van der Waals surface area contributed by atoms with Crippen molar-refractivity contribution >= 4 is 23.7 Å². The van der Waals surface area contributed by atoms with E-state index in [0.29, 0.717) is 6.42 Å². The lowest BCUT2D eigenvalue weighted by molar-refractivity contribution is -0.196. The zero-order chi connectivity index (χ0) is 26.9. The van der Waals surface area contributed by atoms with Crippen LogP contribution < -0.4 is 0 Å². The van der Waals surface area contributed by atoms with Crippen molar-refractivity contribution in [1.82, 2.24) is 0 Å². The number of hydrogen-bond acceptors (Lipinski definition) is 8. The molecule has 8 atom stereocenters. The summed E-state index contributed by atoms with van der Waals surface area (Å²) in [6.45, 7) is 9.41. The molecule has 0 unspecified atom stereocenters. The first-order valence-electron chi connectivity index (χ1n) is 13.1. The Morgan fingerprint density at radius 3 is 2.49 bits per heavy atom. The third kappa shape index (κ3) is 3.62. The first-order chi connectivity index (χ1) is 17.4. The minimum absolute atomic E-state index is 0.00546. The first-order valence-corrected chi connectivity index (χ1v) is 13.1. The number of methoxy groups -OCH3 is 1. The maximum atomic E-state index is 14.2. The minimum atomic E-state index is -0.878. The molecule has 2 bridgehead atoms. The number of rotatable bonds is 4. The molecule has 1 aromatic rings. The lowest BCUT2D eigenvalue weighted by Gasteiger charge is -2.63. The molecule has 3 aliphatic carbocycles. The van der Waals surface area contributed by atoms with Gasteiger partial charge in [-0.3, -0.25) is 19.2 Å². The van der Waals surface area contributed by atoms with Gasteiger partial charge in [-0.2, -0.15) is 0 Å². The summed E-state index contributed by atoms with van der Waals surface area (Å²) in [5.74, 6) is -2.53. The van der Waals surface area contributed by atoms with E-state index in [1.165, 1.54) is 14.0 Å². The molecule has 0 N–H and O–H groups in total. The minimum Gasteiger partial charge on any atom is -0.472 e. The van der Waals surface area contributed by atoms with Crippen molar-refractivity contribution in [2.24, 2.45) is 39.9 Å². The SMILES string of the molecule is COC(=O)C[C@H]1C(C)(C)[C@H](OC(C)=O)[C@@H]2C=C3[C@@H](CC[C@]4(C)[C@H]3CC(=O)O[C@H]4c3ccoc3)[C@@]1(C)C2=O. The zero-order valence-corrected chi connectivity index (χ0v) is 22.4. The second kappa shape index (κ2) is 8.57.